The molecule has 0 unspecified atom stereocenters. The molecule has 0 saturated carbocycles. The molecule has 0 atom stereocenters. The third kappa shape index (κ3) is 5.79. The summed E-state index contributed by atoms with van der Waals surface area (Å²) in [6, 6.07) is 11.4. The lowest BCUT2D eigenvalue weighted by atomic mass is 10.1. The normalized spacial score (nSPS) is 11.1. The van der Waals surface area contributed by atoms with E-state index in [1.165, 1.54) is 0 Å². The predicted octanol–water partition coefficient (Wildman–Crippen LogP) is 2.98. The number of carbonyl (C=O) groups is 1. The van der Waals surface area contributed by atoms with Crippen molar-refractivity contribution in [1.29, 1.82) is 0 Å². The molecule has 24 heavy (non-hydrogen) atoms. The number of carbonyl (C=O) groups excluding carboxylic acids is 1. The van der Waals surface area contributed by atoms with E-state index in [0.29, 0.717) is 37.6 Å². The highest BCUT2D eigenvalue weighted by Gasteiger charge is 2.10. The minimum Gasteiger partial charge on any atom is -0.466 e. The van der Waals surface area contributed by atoms with Crippen molar-refractivity contribution in [2.45, 2.75) is 26.2 Å². The summed E-state index contributed by atoms with van der Waals surface area (Å²) in [6.45, 7) is 2.63. The van der Waals surface area contributed by atoms with E-state index < -0.39 is 0 Å². The Morgan fingerprint density at radius 2 is 1.83 bits per heavy atom. The summed E-state index contributed by atoms with van der Waals surface area (Å²) in [6.07, 6.45) is 5.16. The molecule has 0 spiro atoms. The zero-order chi connectivity index (χ0) is 17.0. The first kappa shape index (κ1) is 17.6. The summed E-state index contributed by atoms with van der Waals surface area (Å²) >= 11 is 0. The first-order valence-electron chi connectivity index (χ1n) is 7.99. The van der Waals surface area contributed by atoms with E-state index >= 15 is 0 Å². The van der Waals surface area contributed by atoms with Gasteiger partial charge in [-0.25, -0.2) is 9.97 Å². The van der Waals surface area contributed by atoms with Crippen molar-refractivity contribution >= 4 is 11.7 Å². The minimum atomic E-state index is -0.177. The Balaban J connectivity index is 1.91. The minimum absolute atomic E-state index is 0.177. The number of benzene rings is 1. The van der Waals surface area contributed by atoms with E-state index in [9.17, 15) is 4.79 Å². The fourth-order valence-electron chi connectivity index (χ4n) is 2.02. The third-order valence-corrected chi connectivity index (χ3v) is 3.15. The molecular weight excluding hydrogens is 306 g/mol. The summed E-state index contributed by atoms with van der Waals surface area (Å²) in [5.41, 5.74) is 1.47. The van der Waals surface area contributed by atoms with Gasteiger partial charge in [0, 0.05) is 24.4 Å². The van der Waals surface area contributed by atoms with Gasteiger partial charge in [-0.15, -0.1) is 0 Å². The van der Waals surface area contributed by atoms with E-state index in [1.54, 1.807) is 25.4 Å². The van der Waals surface area contributed by atoms with Crippen molar-refractivity contribution in [1.82, 2.24) is 9.97 Å². The highest BCUT2D eigenvalue weighted by atomic mass is 16.6. The second kappa shape index (κ2) is 10.1. The van der Waals surface area contributed by atoms with Gasteiger partial charge >= 0.3 is 5.97 Å². The van der Waals surface area contributed by atoms with Gasteiger partial charge < -0.3 is 9.57 Å². The molecule has 2 rings (SSSR count). The predicted molar refractivity (Wildman–Crippen MR) is 90.5 cm³/mol. The number of unbranched alkanes of at least 4 members (excludes halogenated alkanes) is 1. The maximum atomic E-state index is 11.2. The van der Waals surface area contributed by atoms with Gasteiger partial charge in [0.15, 0.2) is 11.5 Å². The summed E-state index contributed by atoms with van der Waals surface area (Å²) in [4.78, 5) is 25.1. The highest BCUT2D eigenvalue weighted by Crippen LogP contribution is 2.08. The number of aromatic nitrogens is 2. The maximum absolute atomic E-state index is 11.2. The molecule has 2 aromatic rings. The number of nitrogens with zero attached hydrogens (tertiary/aromatic N) is 3. The molecule has 1 aromatic heterocycles. The van der Waals surface area contributed by atoms with Crippen LogP contribution in [0.2, 0.25) is 0 Å². The van der Waals surface area contributed by atoms with Gasteiger partial charge in [0.1, 0.15) is 6.61 Å². The van der Waals surface area contributed by atoms with Crippen LogP contribution in [0.4, 0.5) is 0 Å². The third-order valence-electron chi connectivity index (χ3n) is 3.15. The molecule has 0 radical (unpaired) electrons. The quantitative estimate of drug-likeness (QED) is 0.306. The Bertz CT molecular complexity index is 604. The number of ether oxygens (including phenoxy) is 1. The standard InChI is InChI=1S/C18H21N3O3/c1-2-23-16(22)11-6-7-14-24-21-17(15-9-4-3-5-10-15)18-19-12-8-13-20-18/h3-5,8-10,12-13H,2,6-7,11,14H2,1H3/b21-17-. The number of hydrogen-bond donors (Lipinski definition) is 0. The smallest absolute Gasteiger partial charge is 0.305 e. The Hall–Kier alpha value is -2.76. The second-order valence-electron chi connectivity index (χ2n) is 4.97. The molecule has 1 heterocycles. The maximum Gasteiger partial charge on any atom is 0.305 e. The van der Waals surface area contributed by atoms with E-state index in [-0.39, 0.29) is 5.97 Å². The Kier molecular flexibility index (Phi) is 7.40. The number of hydrogen-bond acceptors (Lipinski definition) is 6. The van der Waals surface area contributed by atoms with Gasteiger partial charge in [0.25, 0.3) is 0 Å². The van der Waals surface area contributed by atoms with E-state index in [4.69, 9.17) is 9.57 Å². The first-order chi connectivity index (χ1) is 11.8. The Morgan fingerprint density at radius 3 is 2.54 bits per heavy atom. The van der Waals surface area contributed by atoms with Crippen LogP contribution in [-0.4, -0.2) is 34.9 Å². The van der Waals surface area contributed by atoms with E-state index in [2.05, 4.69) is 15.1 Å². The zero-order valence-corrected chi connectivity index (χ0v) is 13.7. The van der Waals surface area contributed by atoms with Gasteiger partial charge in [-0.05, 0) is 25.8 Å². The average molecular weight is 327 g/mol. The van der Waals surface area contributed by atoms with Gasteiger partial charge in [0.05, 0.1) is 6.61 Å². The molecule has 0 bridgehead atoms. The second-order valence-corrected chi connectivity index (χ2v) is 4.97. The van der Waals surface area contributed by atoms with Gasteiger partial charge in [0.2, 0.25) is 0 Å². The summed E-state index contributed by atoms with van der Waals surface area (Å²) in [5.74, 6) is 0.332. The summed E-state index contributed by atoms with van der Waals surface area (Å²) < 4.78 is 4.88. The largest absolute Gasteiger partial charge is 0.466 e. The molecule has 0 aliphatic heterocycles. The zero-order valence-electron chi connectivity index (χ0n) is 13.7. The molecule has 126 valence electrons. The SMILES string of the molecule is CCOC(=O)CCCCO/N=C(/c1ccccc1)c1ncccn1. The molecular formula is C18H21N3O3. The van der Waals surface area contributed by atoms with Crippen LogP contribution < -0.4 is 0 Å². The first-order valence-corrected chi connectivity index (χ1v) is 7.99. The van der Waals surface area contributed by atoms with Gasteiger partial charge in [-0.3, -0.25) is 4.79 Å². The molecule has 0 fully saturated rings. The summed E-state index contributed by atoms with van der Waals surface area (Å²) in [5, 5.41) is 4.19. The van der Waals surface area contributed by atoms with E-state index in [1.807, 2.05) is 30.3 Å². The van der Waals surface area contributed by atoms with Crippen LogP contribution in [0.15, 0.2) is 53.9 Å². The van der Waals surface area contributed by atoms with Gasteiger partial charge in [-0.2, -0.15) is 0 Å². The van der Waals surface area contributed by atoms with Crippen LogP contribution in [0.5, 0.6) is 0 Å². The van der Waals surface area contributed by atoms with Crippen molar-refractivity contribution in [3.63, 3.8) is 0 Å². The topological polar surface area (TPSA) is 73.7 Å². The van der Waals surface area contributed by atoms with Crippen LogP contribution in [-0.2, 0) is 14.4 Å². The lowest BCUT2D eigenvalue weighted by Crippen LogP contribution is -2.09. The van der Waals surface area contributed by atoms with Crippen LogP contribution in [0.25, 0.3) is 0 Å². The lowest BCUT2D eigenvalue weighted by Gasteiger charge is -2.06. The molecule has 6 heteroatoms. The lowest BCUT2D eigenvalue weighted by molar-refractivity contribution is -0.143. The monoisotopic (exact) mass is 327 g/mol. The van der Waals surface area contributed by atoms with Crippen LogP contribution in [0.3, 0.4) is 0 Å². The van der Waals surface area contributed by atoms with Crippen molar-refractivity contribution in [3.05, 3.63) is 60.2 Å². The van der Waals surface area contributed by atoms with Crippen molar-refractivity contribution in [3.8, 4) is 0 Å². The Labute approximate surface area is 141 Å². The van der Waals surface area contributed by atoms with Crippen molar-refractivity contribution < 1.29 is 14.4 Å². The average Bonchev–Trinajstić information content (AvgIpc) is 2.63. The molecule has 0 N–H and O–H groups in total. The molecule has 0 saturated heterocycles. The van der Waals surface area contributed by atoms with Crippen molar-refractivity contribution in [2.75, 3.05) is 13.2 Å². The molecule has 0 aliphatic carbocycles. The van der Waals surface area contributed by atoms with Crippen molar-refractivity contribution in [2.24, 2.45) is 5.16 Å². The molecule has 6 nitrogen and oxygen atoms in total. The number of esters is 1. The highest BCUT2D eigenvalue weighted by molar-refractivity contribution is 6.10. The number of oxime groups is 1. The molecule has 0 amide bonds. The number of rotatable bonds is 9. The Morgan fingerprint density at radius 1 is 1.08 bits per heavy atom. The van der Waals surface area contributed by atoms with E-state index in [0.717, 1.165) is 12.0 Å². The molecule has 1 aromatic carbocycles. The molecule has 0 aliphatic rings. The fraction of sp³-hybridized carbons (Fsp3) is 0.333. The summed E-state index contributed by atoms with van der Waals surface area (Å²) in [7, 11) is 0. The van der Waals surface area contributed by atoms with Crippen LogP contribution in [0.1, 0.15) is 37.6 Å². The van der Waals surface area contributed by atoms with Gasteiger partial charge in [-0.1, -0.05) is 35.5 Å². The van der Waals surface area contributed by atoms with Crippen LogP contribution in [0, 0.1) is 0 Å². The van der Waals surface area contributed by atoms with Crippen LogP contribution >= 0.6 is 0 Å². The fourth-order valence-corrected chi connectivity index (χ4v) is 2.02.